The van der Waals surface area contributed by atoms with Crippen molar-refractivity contribution in [2.24, 2.45) is 4.99 Å². The van der Waals surface area contributed by atoms with Gasteiger partial charge in [-0.2, -0.15) is 0 Å². The zero-order chi connectivity index (χ0) is 28.2. The van der Waals surface area contributed by atoms with E-state index in [0.717, 1.165) is 16.7 Å². The van der Waals surface area contributed by atoms with Gasteiger partial charge in [0, 0.05) is 12.1 Å². The number of carbonyl (C=O) groups excluding carboxylic acids is 1. The molecule has 1 aliphatic rings. The first kappa shape index (κ1) is 26.8. The zero-order valence-electron chi connectivity index (χ0n) is 21.8. The fourth-order valence-corrected chi connectivity index (χ4v) is 5.51. The van der Waals surface area contributed by atoms with Gasteiger partial charge in [0.1, 0.15) is 12.4 Å². The highest BCUT2D eigenvalue weighted by Gasteiger charge is 2.33. The third-order valence-electron chi connectivity index (χ3n) is 6.34. The first-order chi connectivity index (χ1) is 19.4. The Morgan fingerprint density at radius 3 is 2.55 bits per heavy atom. The van der Waals surface area contributed by atoms with Crippen LogP contribution in [-0.4, -0.2) is 22.1 Å². The maximum atomic E-state index is 13.7. The van der Waals surface area contributed by atoms with Crippen molar-refractivity contribution in [3.8, 4) is 5.75 Å². The van der Waals surface area contributed by atoms with Crippen LogP contribution in [0.2, 0.25) is 0 Å². The van der Waals surface area contributed by atoms with E-state index in [1.54, 1.807) is 42.7 Å². The van der Waals surface area contributed by atoms with Gasteiger partial charge in [0.15, 0.2) is 4.80 Å². The molecule has 0 spiro atoms. The molecule has 202 valence electrons. The van der Waals surface area contributed by atoms with E-state index in [-0.39, 0.29) is 24.5 Å². The summed E-state index contributed by atoms with van der Waals surface area (Å²) in [5, 5.41) is 10.9. The molecule has 0 aliphatic carbocycles. The van der Waals surface area contributed by atoms with Crippen LogP contribution >= 0.6 is 11.3 Å². The molecule has 0 fully saturated rings. The number of aromatic nitrogens is 1. The molecule has 0 saturated heterocycles. The van der Waals surface area contributed by atoms with Crippen LogP contribution in [0.1, 0.15) is 36.6 Å². The average molecular weight is 556 g/mol. The maximum absolute atomic E-state index is 13.7. The Balaban J connectivity index is 1.48. The van der Waals surface area contributed by atoms with E-state index in [9.17, 15) is 19.7 Å². The number of rotatable bonds is 8. The smallest absolute Gasteiger partial charge is 0.338 e. The fourth-order valence-electron chi connectivity index (χ4n) is 4.47. The standard InChI is InChI=1S/C30H25N3O6S/c1-3-38-29(35)26-19(2)31-30-32(27(26)22-9-5-4-6-10-22)28(34)25(40-30)17-21-8-7-11-24(16-21)39-18-20-12-14-23(15-13-20)33(36)37/h4-17,27H,3,18H2,1-2H3/t27-/m0/s1. The molecule has 2 heterocycles. The number of allylic oxidation sites excluding steroid dienone is 1. The van der Waals surface area contributed by atoms with Gasteiger partial charge in [-0.05, 0) is 60.9 Å². The predicted molar refractivity (Wildman–Crippen MR) is 151 cm³/mol. The molecule has 3 aromatic carbocycles. The number of nitrogens with zero attached hydrogens (tertiary/aromatic N) is 3. The number of carbonyl (C=O) groups is 1. The molecule has 0 N–H and O–H groups in total. The van der Waals surface area contributed by atoms with Gasteiger partial charge < -0.3 is 9.47 Å². The van der Waals surface area contributed by atoms with E-state index in [1.165, 1.54) is 23.5 Å². The van der Waals surface area contributed by atoms with E-state index in [2.05, 4.69) is 4.99 Å². The Morgan fingerprint density at radius 2 is 1.85 bits per heavy atom. The molecule has 0 radical (unpaired) electrons. The highest BCUT2D eigenvalue weighted by atomic mass is 32.1. The minimum atomic E-state index is -0.657. The number of hydrogen-bond donors (Lipinski definition) is 0. The molecule has 9 nitrogen and oxygen atoms in total. The normalized spacial score (nSPS) is 14.8. The second kappa shape index (κ2) is 11.5. The third kappa shape index (κ3) is 5.48. The fraction of sp³-hybridized carbons (Fsp3) is 0.167. The summed E-state index contributed by atoms with van der Waals surface area (Å²) in [5.74, 6) is 0.0900. The molecule has 4 aromatic rings. The lowest BCUT2D eigenvalue weighted by atomic mass is 9.96. The Bertz CT molecular complexity index is 1790. The molecule has 1 atom stereocenters. The second-order valence-corrected chi connectivity index (χ2v) is 10.0. The van der Waals surface area contributed by atoms with Crippen LogP contribution in [0.3, 0.4) is 0 Å². The van der Waals surface area contributed by atoms with Crippen LogP contribution in [0.25, 0.3) is 6.08 Å². The Labute approximate surface area is 233 Å². The number of esters is 1. The summed E-state index contributed by atoms with van der Waals surface area (Å²) < 4.78 is 13.2. The summed E-state index contributed by atoms with van der Waals surface area (Å²) in [6.45, 7) is 3.94. The third-order valence-corrected chi connectivity index (χ3v) is 7.32. The average Bonchev–Trinajstić information content (AvgIpc) is 3.26. The number of non-ortho nitro benzene ring substituents is 1. The van der Waals surface area contributed by atoms with E-state index in [1.807, 2.05) is 48.5 Å². The first-order valence-corrected chi connectivity index (χ1v) is 13.4. The van der Waals surface area contributed by atoms with Crippen molar-refractivity contribution in [3.05, 3.63) is 137 Å². The molecule has 10 heteroatoms. The minimum absolute atomic E-state index is 0.0197. The summed E-state index contributed by atoms with van der Waals surface area (Å²) in [5.41, 5.74) is 2.95. The lowest BCUT2D eigenvalue weighted by Gasteiger charge is -2.24. The van der Waals surface area contributed by atoms with Gasteiger partial charge in [-0.1, -0.05) is 53.8 Å². The van der Waals surface area contributed by atoms with Crippen LogP contribution in [0.5, 0.6) is 5.75 Å². The maximum Gasteiger partial charge on any atom is 0.338 e. The molecule has 1 aliphatic heterocycles. The number of benzene rings is 3. The quantitative estimate of drug-likeness (QED) is 0.182. The van der Waals surface area contributed by atoms with Crippen LogP contribution < -0.4 is 19.6 Å². The van der Waals surface area contributed by atoms with Gasteiger partial charge in [0.25, 0.3) is 11.2 Å². The van der Waals surface area contributed by atoms with E-state index in [0.29, 0.717) is 26.4 Å². The lowest BCUT2D eigenvalue weighted by molar-refractivity contribution is -0.384. The van der Waals surface area contributed by atoms with Crippen LogP contribution in [-0.2, 0) is 16.1 Å². The number of nitro groups is 1. The van der Waals surface area contributed by atoms with Gasteiger partial charge in [-0.25, -0.2) is 9.79 Å². The van der Waals surface area contributed by atoms with Gasteiger partial charge in [0.2, 0.25) is 0 Å². The van der Waals surface area contributed by atoms with Crippen molar-refractivity contribution in [1.29, 1.82) is 0 Å². The molecular weight excluding hydrogens is 530 g/mol. The van der Waals surface area contributed by atoms with E-state index >= 15 is 0 Å². The predicted octanol–water partition coefficient (Wildman–Crippen LogP) is 4.29. The van der Waals surface area contributed by atoms with Crippen molar-refractivity contribution < 1.29 is 19.2 Å². The summed E-state index contributed by atoms with van der Waals surface area (Å²) in [4.78, 5) is 42.2. The number of thiazole rings is 1. The molecule has 0 bridgehead atoms. The minimum Gasteiger partial charge on any atom is -0.489 e. The monoisotopic (exact) mass is 555 g/mol. The number of ether oxygens (including phenoxy) is 2. The van der Waals surface area contributed by atoms with E-state index < -0.39 is 16.9 Å². The molecule has 0 amide bonds. The summed E-state index contributed by atoms with van der Waals surface area (Å²) in [6, 6.07) is 22.2. The van der Waals surface area contributed by atoms with Crippen molar-refractivity contribution >= 4 is 29.1 Å². The van der Waals surface area contributed by atoms with Gasteiger partial charge in [-0.3, -0.25) is 19.5 Å². The summed E-state index contributed by atoms with van der Waals surface area (Å²) in [6.07, 6.45) is 1.77. The van der Waals surface area contributed by atoms with E-state index in [4.69, 9.17) is 9.47 Å². The van der Waals surface area contributed by atoms with Crippen molar-refractivity contribution in [1.82, 2.24) is 4.57 Å². The highest BCUT2D eigenvalue weighted by molar-refractivity contribution is 7.07. The van der Waals surface area contributed by atoms with Gasteiger partial charge in [0.05, 0.1) is 33.4 Å². The number of nitro benzene ring substituents is 1. The first-order valence-electron chi connectivity index (χ1n) is 12.6. The Morgan fingerprint density at radius 1 is 1.10 bits per heavy atom. The van der Waals surface area contributed by atoms with Gasteiger partial charge in [-0.15, -0.1) is 0 Å². The molecule has 5 rings (SSSR count). The highest BCUT2D eigenvalue weighted by Crippen LogP contribution is 2.30. The lowest BCUT2D eigenvalue weighted by Crippen LogP contribution is -2.39. The van der Waals surface area contributed by atoms with Crippen molar-refractivity contribution in [2.75, 3.05) is 6.61 Å². The van der Waals surface area contributed by atoms with Crippen LogP contribution in [0.4, 0.5) is 5.69 Å². The number of hydrogen-bond acceptors (Lipinski definition) is 8. The Kier molecular flexibility index (Phi) is 7.70. The molecule has 0 unspecified atom stereocenters. The number of fused-ring (bicyclic) bond motifs is 1. The topological polar surface area (TPSA) is 113 Å². The molecule has 0 saturated carbocycles. The van der Waals surface area contributed by atoms with Gasteiger partial charge >= 0.3 is 5.97 Å². The summed E-state index contributed by atoms with van der Waals surface area (Å²) >= 11 is 1.25. The van der Waals surface area contributed by atoms with Crippen molar-refractivity contribution in [2.45, 2.75) is 26.5 Å². The van der Waals surface area contributed by atoms with Crippen LogP contribution in [0.15, 0.2) is 99.9 Å². The Hall–Kier alpha value is -4.83. The van der Waals surface area contributed by atoms with Crippen molar-refractivity contribution in [3.63, 3.8) is 0 Å². The molecule has 1 aromatic heterocycles. The zero-order valence-corrected chi connectivity index (χ0v) is 22.6. The molecular formula is C30H25N3O6S. The largest absolute Gasteiger partial charge is 0.489 e. The molecule has 40 heavy (non-hydrogen) atoms. The second-order valence-electron chi connectivity index (χ2n) is 9.00. The summed E-state index contributed by atoms with van der Waals surface area (Å²) in [7, 11) is 0. The van der Waals surface area contributed by atoms with Crippen LogP contribution in [0, 0.1) is 10.1 Å². The SMILES string of the molecule is CCOC(=O)C1=C(C)N=c2sc(=Cc3cccc(OCc4ccc([N+](=O)[O-])cc4)c3)c(=O)n2[C@H]1c1ccccc1.